The van der Waals surface area contributed by atoms with Gasteiger partial charge < -0.3 is 10.2 Å². The Bertz CT molecular complexity index is 308. The van der Waals surface area contributed by atoms with Gasteiger partial charge in [-0.3, -0.25) is 0 Å². The molecule has 1 aromatic rings. The predicted molar refractivity (Wildman–Crippen MR) is 57.7 cm³/mol. The van der Waals surface area contributed by atoms with Crippen LogP contribution in [0.2, 0.25) is 0 Å². The van der Waals surface area contributed by atoms with E-state index in [4.69, 9.17) is 0 Å². The molecule has 0 spiro atoms. The molecule has 1 unspecified atom stereocenters. The number of hydrogen-bond donors (Lipinski definition) is 1. The Hall–Kier alpha value is -0.700. The van der Waals surface area contributed by atoms with E-state index in [1.807, 2.05) is 0 Å². The molecule has 3 heterocycles. The van der Waals surface area contributed by atoms with Crippen molar-refractivity contribution in [2.75, 3.05) is 29.9 Å². The SMILES string of the molecule is c1scc2c1NCC1CCCN2C1. The molecule has 0 saturated carbocycles. The summed E-state index contributed by atoms with van der Waals surface area (Å²) in [6.07, 6.45) is 2.76. The third kappa shape index (κ3) is 1.22. The van der Waals surface area contributed by atoms with Crippen molar-refractivity contribution in [3.63, 3.8) is 0 Å². The molecule has 2 bridgehead atoms. The quantitative estimate of drug-likeness (QED) is 0.682. The van der Waals surface area contributed by atoms with E-state index < -0.39 is 0 Å². The summed E-state index contributed by atoms with van der Waals surface area (Å²) in [7, 11) is 0. The van der Waals surface area contributed by atoms with E-state index in [2.05, 4.69) is 21.0 Å². The van der Waals surface area contributed by atoms with Crippen LogP contribution >= 0.6 is 11.3 Å². The number of hydrogen-bond acceptors (Lipinski definition) is 3. The first-order chi connectivity index (χ1) is 6.43. The first-order valence-corrected chi connectivity index (χ1v) is 5.93. The van der Waals surface area contributed by atoms with Crippen molar-refractivity contribution in [3.8, 4) is 0 Å². The van der Waals surface area contributed by atoms with Crippen LogP contribution in [0.5, 0.6) is 0 Å². The van der Waals surface area contributed by atoms with Crippen LogP contribution in [0.25, 0.3) is 0 Å². The van der Waals surface area contributed by atoms with Gasteiger partial charge in [-0.05, 0) is 18.8 Å². The summed E-state index contributed by atoms with van der Waals surface area (Å²) in [5.74, 6) is 0.867. The maximum absolute atomic E-state index is 3.55. The van der Waals surface area contributed by atoms with Crippen LogP contribution in [0.3, 0.4) is 0 Å². The number of rotatable bonds is 0. The summed E-state index contributed by atoms with van der Waals surface area (Å²) in [5.41, 5.74) is 2.79. The van der Waals surface area contributed by atoms with Gasteiger partial charge in [0.15, 0.2) is 0 Å². The minimum absolute atomic E-state index is 0.867. The van der Waals surface area contributed by atoms with Gasteiger partial charge in [-0.2, -0.15) is 0 Å². The lowest BCUT2D eigenvalue weighted by atomic mass is 9.99. The van der Waals surface area contributed by atoms with E-state index >= 15 is 0 Å². The summed E-state index contributed by atoms with van der Waals surface area (Å²) in [5, 5.41) is 8.05. The van der Waals surface area contributed by atoms with Crippen molar-refractivity contribution in [2.24, 2.45) is 5.92 Å². The largest absolute Gasteiger partial charge is 0.382 e. The Morgan fingerprint density at radius 2 is 2.46 bits per heavy atom. The van der Waals surface area contributed by atoms with E-state index in [9.17, 15) is 0 Å². The fraction of sp³-hybridized carbons (Fsp3) is 0.600. The van der Waals surface area contributed by atoms with Gasteiger partial charge >= 0.3 is 0 Å². The van der Waals surface area contributed by atoms with E-state index in [0.29, 0.717) is 0 Å². The molecule has 0 aromatic carbocycles. The van der Waals surface area contributed by atoms with Crippen LogP contribution < -0.4 is 10.2 Å². The molecule has 0 amide bonds. The standard InChI is InChI=1S/C10H14N2S/c1-2-8-4-11-9-6-13-7-10(9)12(3-1)5-8/h6-8,11H,1-5H2. The van der Waals surface area contributed by atoms with Gasteiger partial charge in [-0.1, -0.05) is 0 Å². The lowest BCUT2D eigenvalue weighted by molar-refractivity contribution is 0.439. The number of piperidine rings is 1. The molecule has 3 rings (SSSR count). The average molecular weight is 194 g/mol. The third-order valence-corrected chi connectivity index (χ3v) is 3.81. The topological polar surface area (TPSA) is 15.3 Å². The molecule has 70 valence electrons. The fourth-order valence-electron chi connectivity index (χ4n) is 2.37. The summed E-state index contributed by atoms with van der Waals surface area (Å²) < 4.78 is 0. The molecule has 3 heteroatoms. The number of thiophene rings is 1. The Morgan fingerprint density at radius 3 is 3.46 bits per heavy atom. The van der Waals surface area contributed by atoms with E-state index in [1.54, 1.807) is 11.3 Å². The molecular formula is C10H14N2S. The van der Waals surface area contributed by atoms with Crippen LogP contribution in [-0.4, -0.2) is 19.6 Å². The molecule has 2 aliphatic rings. The zero-order valence-corrected chi connectivity index (χ0v) is 8.44. The average Bonchev–Trinajstić information content (AvgIpc) is 2.59. The van der Waals surface area contributed by atoms with Crippen LogP contribution in [0.4, 0.5) is 11.4 Å². The van der Waals surface area contributed by atoms with E-state index in [0.717, 1.165) is 5.92 Å². The Kier molecular flexibility index (Phi) is 1.72. The maximum Gasteiger partial charge on any atom is 0.0710 e. The normalized spacial score (nSPS) is 26.2. The van der Waals surface area contributed by atoms with Gasteiger partial charge in [0.25, 0.3) is 0 Å². The third-order valence-electron chi connectivity index (χ3n) is 3.08. The van der Waals surface area contributed by atoms with Crippen LogP contribution in [0, 0.1) is 5.92 Å². The van der Waals surface area contributed by atoms with Crippen molar-refractivity contribution < 1.29 is 0 Å². The zero-order valence-electron chi connectivity index (χ0n) is 7.62. The van der Waals surface area contributed by atoms with Crippen molar-refractivity contribution in [1.29, 1.82) is 0 Å². The van der Waals surface area contributed by atoms with E-state index in [-0.39, 0.29) is 0 Å². The van der Waals surface area contributed by atoms with E-state index in [1.165, 1.54) is 43.9 Å². The number of anilines is 2. The highest BCUT2D eigenvalue weighted by atomic mass is 32.1. The summed E-state index contributed by atoms with van der Waals surface area (Å²) in [6.45, 7) is 3.68. The van der Waals surface area contributed by atoms with Crippen molar-refractivity contribution in [1.82, 2.24) is 0 Å². The van der Waals surface area contributed by atoms with Gasteiger partial charge in [-0.15, -0.1) is 11.3 Å². The van der Waals surface area contributed by atoms with Gasteiger partial charge in [0, 0.05) is 30.4 Å². The van der Waals surface area contributed by atoms with Crippen LogP contribution in [-0.2, 0) is 0 Å². The maximum atomic E-state index is 3.55. The zero-order chi connectivity index (χ0) is 8.67. The minimum atomic E-state index is 0.867. The van der Waals surface area contributed by atoms with Gasteiger partial charge in [0.2, 0.25) is 0 Å². The Balaban J connectivity index is 1.99. The molecule has 1 saturated heterocycles. The molecule has 0 radical (unpaired) electrons. The van der Waals surface area contributed by atoms with Crippen molar-refractivity contribution in [3.05, 3.63) is 10.8 Å². The van der Waals surface area contributed by atoms with Crippen molar-refractivity contribution >= 4 is 22.7 Å². The second-order valence-electron chi connectivity index (χ2n) is 4.01. The monoisotopic (exact) mass is 194 g/mol. The molecular weight excluding hydrogens is 180 g/mol. The smallest absolute Gasteiger partial charge is 0.0710 e. The number of fused-ring (bicyclic) bond motifs is 4. The molecule has 1 fully saturated rings. The lowest BCUT2D eigenvalue weighted by Gasteiger charge is -2.31. The van der Waals surface area contributed by atoms with Crippen molar-refractivity contribution in [2.45, 2.75) is 12.8 Å². The van der Waals surface area contributed by atoms with Gasteiger partial charge in [0.1, 0.15) is 0 Å². The first kappa shape index (κ1) is 7.68. The molecule has 1 aromatic heterocycles. The summed E-state index contributed by atoms with van der Waals surface area (Å²) in [6, 6.07) is 0. The predicted octanol–water partition coefficient (Wildman–Crippen LogP) is 2.39. The second kappa shape index (κ2) is 2.91. The molecule has 0 aliphatic carbocycles. The minimum Gasteiger partial charge on any atom is -0.382 e. The van der Waals surface area contributed by atoms with Crippen LogP contribution in [0.1, 0.15) is 12.8 Å². The Morgan fingerprint density at radius 1 is 1.46 bits per heavy atom. The molecule has 1 atom stereocenters. The second-order valence-corrected chi connectivity index (χ2v) is 4.75. The highest BCUT2D eigenvalue weighted by Gasteiger charge is 2.25. The lowest BCUT2D eigenvalue weighted by Crippen LogP contribution is -2.35. The molecule has 2 aliphatic heterocycles. The highest BCUT2D eigenvalue weighted by Crippen LogP contribution is 2.35. The number of nitrogens with one attached hydrogen (secondary N) is 1. The first-order valence-electron chi connectivity index (χ1n) is 4.98. The fourth-order valence-corrected chi connectivity index (χ4v) is 3.19. The molecule has 1 N–H and O–H groups in total. The van der Waals surface area contributed by atoms with Gasteiger partial charge in [0.05, 0.1) is 11.4 Å². The Labute approximate surface area is 82.6 Å². The summed E-state index contributed by atoms with van der Waals surface area (Å²) in [4.78, 5) is 2.54. The number of nitrogens with zero attached hydrogens (tertiary/aromatic N) is 1. The molecule has 13 heavy (non-hydrogen) atoms. The highest BCUT2D eigenvalue weighted by molar-refractivity contribution is 7.09. The van der Waals surface area contributed by atoms with Crippen LogP contribution in [0.15, 0.2) is 10.8 Å². The van der Waals surface area contributed by atoms with Gasteiger partial charge in [-0.25, -0.2) is 0 Å². The molecule has 2 nitrogen and oxygen atoms in total. The summed E-state index contributed by atoms with van der Waals surface area (Å²) >= 11 is 1.80.